The number of aromatic nitrogens is 1. The van der Waals surface area contributed by atoms with Crippen molar-refractivity contribution in [3.8, 4) is 5.75 Å². The van der Waals surface area contributed by atoms with E-state index in [0.717, 1.165) is 18.5 Å². The fourth-order valence-corrected chi connectivity index (χ4v) is 4.15. The number of H-pyrrole nitrogens is 1. The molecule has 0 bridgehead atoms. The van der Waals surface area contributed by atoms with E-state index in [1.165, 1.54) is 29.5 Å². The van der Waals surface area contributed by atoms with E-state index in [4.69, 9.17) is 0 Å². The van der Waals surface area contributed by atoms with Gasteiger partial charge in [-0.25, -0.2) is 0 Å². The molecule has 3 rings (SSSR count). The molecule has 0 saturated heterocycles. The Morgan fingerprint density at radius 3 is 2.74 bits per heavy atom. The van der Waals surface area contributed by atoms with Gasteiger partial charge in [0, 0.05) is 28.6 Å². The fourth-order valence-electron chi connectivity index (χ4n) is 4.15. The summed E-state index contributed by atoms with van der Waals surface area (Å²) in [6.45, 7) is 10.3. The standard InChI is InChI=1S/C20H30N2O/c1-5-13(4)19-17(10-12(2)3)20-15(8-9-21-19)16-11-14(23)6-7-18(16)22-20/h6-7,11-13,17,19,21-23H,5,8-10H2,1-4H3/t13-,17?,19?/m1/s1. The minimum Gasteiger partial charge on any atom is -0.508 e. The van der Waals surface area contributed by atoms with Crippen molar-refractivity contribution < 1.29 is 5.11 Å². The molecule has 1 aromatic carbocycles. The van der Waals surface area contributed by atoms with E-state index in [-0.39, 0.29) is 0 Å². The summed E-state index contributed by atoms with van der Waals surface area (Å²) in [7, 11) is 0. The van der Waals surface area contributed by atoms with E-state index < -0.39 is 0 Å². The van der Waals surface area contributed by atoms with E-state index in [1.54, 1.807) is 6.07 Å². The zero-order valence-corrected chi connectivity index (χ0v) is 14.8. The lowest BCUT2D eigenvalue weighted by Gasteiger charge is -2.32. The first-order valence-electron chi connectivity index (χ1n) is 9.08. The fraction of sp³-hybridized carbons (Fsp3) is 0.600. The Kier molecular flexibility index (Phi) is 4.67. The zero-order chi connectivity index (χ0) is 16.6. The van der Waals surface area contributed by atoms with Gasteiger partial charge < -0.3 is 15.4 Å². The van der Waals surface area contributed by atoms with E-state index in [2.05, 4.69) is 38.0 Å². The van der Waals surface area contributed by atoms with Crippen molar-refractivity contribution in [2.45, 2.75) is 58.9 Å². The van der Waals surface area contributed by atoms with Gasteiger partial charge in [0.25, 0.3) is 0 Å². The van der Waals surface area contributed by atoms with Gasteiger partial charge in [0.05, 0.1) is 0 Å². The third kappa shape index (κ3) is 3.12. The summed E-state index contributed by atoms with van der Waals surface area (Å²) in [5.41, 5.74) is 3.96. The Morgan fingerprint density at radius 1 is 1.26 bits per heavy atom. The summed E-state index contributed by atoms with van der Waals surface area (Å²) in [5, 5.41) is 14.9. The number of phenolic OH excluding ortho intramolecular Hbond substituents is 1. The maximum absolute atomic E-state index is 9.88. The summed E-state index contributed by atoms with van der Waals surface area (Å²) in [4.78, 5) is 3.70. The molecule has 0 radical (unpaired) electrons. The molecule has 0 aliphatic carbocycles. The van der Waals surface area contributed by atoms with Crippen LogP contribution in [0.15, 0.2) is 18.2 Å². The summed E-state index contributed by atoms with van der Waals surface area (Å²) in [6.07, 6.45) is 3.41. The van der Waals surface area contributed by atoms with Crippen molar-refractivity contribution in [3.63, 3.8) is 0 Å². The number of nitrogens with one attached hydrogen (secondary N) is 2. The van der Waals surface area contributed by atoms with Gasteiger partial charge in [-0.2, -0.15) is 0 Å². The van der Waals surface area contributed by atoms with Gasteiger partial charge in [-0.3, -0.25) is 0 Å². The predicted octanol–water partition coefficient (Wildman–Crippen LogP) is 4.56. The SMILES string of the molecule is CC[C@@H](C)C1NCCc2c([nH]c3ccc(O)cc23)C1CC(C)C. The van der Waals surface area contributed by atoms with Crippen molar-refractivity contribution in [2.75, 3.05) is 6.54 Å². The monoisotopic (exact) mass is 314 g/mol. The Bertz CT molecular complexity index is 674. The number of hydrogen-bond donors (Lipinski definition) is 3. The molecule has 126 valence electrons. The third-order valence-corrected chi connectivity index (χ3v) is 5.46. The van der Waals surface area contributed by atoms with Gasteiger partial charge in [-0.1, -0.05) is 34.1 Å². The number of fused-ring (bicyclic) bond motifs is 3. The first-order chi connectivity index (χ1) is 11.0. The maximum Gasteiger partial charge on any atom is 0.116 e. The summed E-state index contributed by atoms with van der Waals surface area (Å²) in [5.74, 6) is 2.19. The molecule has 0 amide bonds. The molecular formula is C20H30N2O. The van der Waals surface area contributed by atoms with Gasteiger partial charge in [0.2, 0.25) is 0 Å². The number of aromatic hydroxyl groups is 1. The van der Waals surface area contributed by atoms with Crippen LogP contribution in [0, 0.1) is 11.8 Å². The molecule has 2 unspecified atom stereocenters. The normalized spacial score (nSPS) is 23.0. The molecule has 3 atom stereocenters. The minimum absolute atomic E-state index is 0.357. The van der Waals surface area contributed by atoms with Crippen LogP contribution in [-0.2, 0) is 6.42 Å². The number of hydrogen-bond acceptors (Lipinski definition) is 2. The minimum atomic E-state index is 0.357. The van der Waals surface area contributed by atoms with Crippen molar-refractivity contribution >= 4 is 10.9 Å². The third-order valence-electron chi connectivity index (χ3n) is 5.46. The number of rotatable bonds is 4. The Balaban J connectivity index is 2.11. The predicted molar refractivity (Wildman–Crippen MR) is 97.1 cm³/mol. The molecule has 3 N–H and O–H groups in total. The van der Waals surface area contributed by atoms with Gasteiger partial charge >= 0.3 is 0 Å². The summed E-state index contributed by atoms with van der Waals surface area (Å²) >= 11 is 0. The topological polar surface area (TPSA) is 48.0 Å². The molecule has 3 heteroatoms. The Morgan fingerprint density at radius 2 is 2.04 bits per heavy atom. The molecular weight excluding hydrogens is 284 g/mol. The zero-order valence-electron chi connectivity index (χ0n) is 14.8. The van der Waals surface area contributed by atoms with Gasteiger partial charge in [0.1, 0.15) is 5.75 Å². The molecule has 1 aromatic heterocycles. The van der Waals surface area contributed by atoms with Gasteiger partial charge in [-0.05, 0) is 55.0 Å². The average molecular weight is 314 g/mol. The lowest BCUT2D eigenvalue weighted by atomic mass is 9.80. The van der Waals surface area contributed by atoms with Crippen molar-refractivity contribution in [1.29, 1.82) is 0 Å². The molecule has 0 saturated carbocycles. The Labute approximate surface area is 139 Å². The lowest BCUT2D eigenvalue weighted by molar-refractivity contribution is 0.294. The van der Waals surface area contributed by atoms with Crippen molar-refractivity contribution in [1.82, 2.24) is 10.3 Å². The van der Waals surface area contributed by atoms with Crippen molar-refractivity contribution in [3.05, 3.63) is 29.5 Å². The molecule has 23 heavy (non-hydrogen) atoms. The molecule has 1 aliphatic rings. The second-order valence-corrected chi connectivity index (χ2v) is 7.60. The highest BCUT2D eigenvalue weighted by Gasteiger charge is 2.33. The van der Waals surface area contributed by atoms with Crippen LogP contribution in [0.4, 0.5) is 0 Å². The Hall–Kier alpha value is -1.48. The van der Waals surface area contributed by atoms with Crippen LogP contribution in [0.25, 0.3) is 10.9 Å². The summed E-state index contributed by atoms with van der Waals surface area (Å²) in [6, 6.07) is 6.23. The van der Waals surface area contributed by atoms with Crippen LogP contribution in [0.5, 0.6) is 5.75 Å². The van der Waals surface area contributed by atoms with Crippen LogP contribution < -0.4 is 5.32 Å². The lowest BCUT2D eigenvalue weighted by Crippen LogP contribution is -2.40. The first-order valence-corrected chi connectivity index (χ1v) is 9.08. The quantitative estimate of drug-likeness (QED) is 0.774. The first kappa shape index (κ1) is 16.4. The highest BCUT2D eigenvalue weighted by molar-refractivity contribution is 5.86. The van der Waals surface area contributed by atoms with Crippen LogP contribution in [-0.4, -0.2) is 22.7 Å². The molecule has 0 spiro atoms. The van der Waals surface area contributed by atoms with E-state index >= 15 is 0 Å². The number of phenols is 1. The largest absolute Gasteiger partial charge is 0.508 e. The van der Waals surface area contributed by atoms with Crippen LogP contribution in [0.3, 0.4) is 0 Å². The van der Waals surface area contributed by atoms with Crippen LogP contribution in [0.1, 0.15) is 57.7 Å². The van der Waals surface area contributed by atoms with Crippen molar-refractivity contribution in [2.24, 2.45) is 11.8 Å². The average Bonchev–Trinajstić information content (AvgIpc) is 2.77. The molecule has 0 fully saturated rings. The second-order valence-electron chi connectivity index (χ2n) is 7.60. The van der Waals surface area contributed by atoms with Crippen LogP contribution >= 0.6 is 0 Å². The van der Waals surface area contributed by atoms with Crippen LogP contribution in [0.2, 0.25) is 0 Å². The molecule has 3 nitrogen and oxygen atoms in total. The second kappa shape index (κ2) is 6.56. The van der Waals surface area contributed by atoms with E-state index in [0.29, 0.717) is 29.5 Å². The number of aromatic amines is 1. The highest BCUT2D eigenvalue weighted by atomic mass is 16.3. The highest BCUT2D eigenvalue weighted by Crippen LogP contribution is 2.38. The molecule has 1 aliphatic heterocycles. The van der Waals surface area contributed by atoms with E-state index in [1.807, 2.05) is 12.1 Å². The molecule has 2 aromatic rings. The summed E-state index contributed by atoms with van der Waals surface area (Å²) < 4.78 is 0. The smallest absolute Gasteiger partial charge is 0.116 e. The molecule has 2 heterocycles. The van der Waals surface area contributed by atoms with Gasteiger partial charge in [-0.15, -0.1) is 0 Å². The number of benzene rings is 1. The maximum atomic E-state index is 9.88. The van der Waals surface area contributed by atoms with E-state index in [9.17, 15) is 5.11 Å². The van der Waals surface area contributed by atoms with Gasteiger partial charge in [0.15, 0.2) is 0 Å².